The summed E-state index contributed by atoms with van der Waals surface area (Å²) in [5.41, 5.74) is 6.37. The van der Waals surface area contributed by atoms with E-state index in [1.165, 1.54) is 24.5 Å². The maximum absolute atomic E-state index is 12.7. The summed E-state index contributed by atoms with van der Waals surface area (Å²) in [4.78, 5) is 36.7. The molecule has 4 unspecified atom stereocenters. The summed E-state index contributed by atoms with van der Waals surface area (Å²) in [5.74, 6) is -1.89. The van der Waals surface area contributed by atoms with Gasteiger partial charge in [-0.15, -0.1) is 0 Å². The van der Waals surface area contributed by atoms with Gasteiger partial charge in [0.05, 0.1) is 18.4 Å². The zero-order valence-electron chi connectivity index (χ0n) is 16.0. The number of carbonyl (C=O) groups excluding carboxylic acids is 3. The van der Waals surface area contributed by atoms with Crippen LogP contribution in [0.4, 0.5) is 0 Å². The molecule has 0 fully saturated rings. The molecule has 4 atom stereocenters. The van der Waals surface area contributed by atoms with Gasteiger partial charge in [0, 0.05) is 18.4 Å². The first-order valence-corrected chi connectivity index (χ1v) is 9.40. The molecule has 1 aliphatic carbocycles. The quantitative estimate of drug-likeness (QED) is 0.418. The molecule has 1 aromatic carbocycles. The Bertz CT molecular complexity index is 925. The largest absolute Gasteiger partial charge is 0.459 e. The SMILES string of the molecule is NC(=O)C(Cc1ccccc1)NC(=O)C1=CC(NC(=O)c2ccco2)C(O)C(O)C1. The van der Waals surface area contributed by atoms with Crippen LogP contribution in [0.3, 0.4) is 0 Å². The minimum Gasteiger partial charge on any atom is -0.459 e. The molecule has 6 N–H and O–H groups in total. The Labute approximate surface area is 172 Å². The zero-order chi connectivity index (χ0) is 21.7. The highest BCUT2D eigenvalue weighted by molar-refractivity contribution is 5.97. The van der Waals surface area contributed by atoms with Crippen molar-refractivity contribution in [1.29, 1.82) is 0 Å². The fourth-order valence-electron chi connectivity index (χ4n) is 3.22. The van der Waals surface area contributed by atoms with Gasteiger partial charge < -0.3 is 31.0 Å². The fourth-order valence-corrected chi connectivity index (χ4v) is 3.22. The van der Waals surface area contributed by atoms with E-state index in [0.29, 0.717) is 0 Å². The molecule has 0 spiro atoms. The number of aliphatic hydroxyl groups excluding tert-OH is 2. The predicted octanol–water partition coefficient (Wildman–Crippen LogP) is -0.357. The van der Waals surface area contributed by atoms with Crippen molar-refractivity contribution in [3.05, 3.63) is 71.7 Å². The second-order valence-corrected chi connectivity index (χ2v) is 7.05. The van der Waals surface area contributed by atoms with Crippen LogP contribution in [0.1, 0.15) is 22.5 Å². The van der Waals surface area contributed by atoms with Crippen molar-refractivity contribution >= 4 is 17.7 Å². The van der Waals surface area contributed by atoms with Gasteiger partial charge in [-0.1, -0.05) is 36.4 Å². The number of benzene rings is 1. The molecule has 0 bridgehead atoms. The Kier molecular flexibility index (Phi) is 6.65. The Morgan fingerprint density at radius 1 is 1.10 bits per heavy atom. The third-order valence-corrected chi connectivity index (χ3v) is 4.84. The second kappa shape index (κ2) is 9.38. The lowest BCUT2D eigenvalue weighted by atomic mass is 9.89. The highest BCUT2D eigenvalue weighted by Gasteiger charge is 2.35. The normalized spacial score (nSPS) is 21.9. The van der Waals surface area contributed by atoms with Gasteiger partial charge in [0.15, 0.2) is 5.76 Å². The van der Waals surface area contributed by atoms with Crippen molar-refractivity contribution in [3.8, 4) is 0 Å². The molecule has 1 heterocycles. The van der Waals surface area contributed by atoms with E-state index >= 15 is 0 Å². The van der Waals surface area contributed by atoms with Crippen LogP contribution in [0.2, 0.25) is 0 Å². The summed E-state index contributed by atoms with van der Waals surface area (Å²) < 4.78 is 5.00. The van der Waals surface area contributed by atoms with Crippen molar-refractivity contribution < 1.29 is 29.0 Å². The number of furan rings is 1. The van der Waals surface area contributed by atoms with E-state index in [9.17, 15) is 24.6 Å². The molecule has 0 radical (unpaired) electrons. The van der Waals surface area contributed by atoms with Crippen molar-refractivity contribution in [2.45, 2.75) is 37.1 Å². The maximum atomic E-state index is 12.7. The number of nitrogens with one attached hydrogen (secondary N) is 2. The number of aliphatic hydroxyl groups is 2. The average molecular weight is 413 g/mol. The van der Waals surface area contributed by atoms with Crippen LogP contribution in [0.5, 0.6) is 0 Å². The molecule has 9 nitrogen and oxygen atoms in total. The van der Waals surface area contributed by atoms with Crippen LogP contribution in [-0.4, -0.2) is 52.2 Å². The lowest BCUT2D eigenvalue weighted by Gasteiger charge is -2.31. The number of nitrogens with two attached hydrogens (primary N) is 1. The number of amides is 3. The molecular formula is C21H23N3O6. The number of primary amides is 1. The monoisotopic (exact) mass is 413 g/mol. The molecule has 0 saturated carbocycles. The number of hydrogen-bond acceptors (Lipinski definition) is 6. The standard InChI is InChI=1S/C21H23N3O6/c22-19(27)15(9-12-5-2-1-3-6-12)24-20(28)13-10-14(18(26)16(25)11-13)23-21(29)17-7-4-8-30-17/h1-8,10,14-16,18,25-26H,9,11H2,(H2,22,27)(H,23,29)(H,24,28). The summed E-state index contributed by atoms with van der Waals surface area (Å²) in [5, 5.41) is 25.4. The third kappa shape index (κ3) is 5.13. The minimum atomic E-state index is -1.31. The lowest BCUT2D eigenvalue weighted by Crippen LogP contribution is -2.52. The first kappa shape index (κ1) is 21.3. The fraction of sp³-hybridized carbons (Fsp3) is 0.286. The van der Waals surface area contributed by atoms with Crippen LogP contribution in [-0.2, 0) is 16.0 Å². The van der Waals surface area contributed by atoms with Crippen molar-refractivity contribution in [3.63, 3.8) is 0 Å². The summed E-state index contributed by atoms with van der Waals surface area (Å²) in [7, 11) is 0. The molecule has 158 valence electrons. The smallest absolute Gasteiger partial charge is 0.287 e. The molecule has 2 aromatic rings. The summed E-state index contributed by atoms with van der Waals surface area (Å²) in [6.07, 6.45) is 0.159. The number of hydrogen-bond donors (Lipinski definition) is 5. The number of rotatable bonds is 7. The van der Waals surface area contributed by atoms with E-state index in [2.05, 4.69) is 10.6 Å². The highest BCUT2D eigenvalue weighted by Crippen LogP contribution is 2.21. The maximum Gasteiger partial charge on any atom is 0.287 e. The summed E-state index contributed by atoms with van der Waals surface area (Å²) in [6, 6.07) is 10.1. The number of carbonyl (C=O) groups is 3. The average Bonchev–Trinajstić information content (AvgIpc) is 3.26. The summed E-state index contributed by atoms with van der Waals surface area (Å²) in [6.45, 7) is 0. The van der Waals surface area contributed by atoms with Gasteiger partial charge in [-0.05, 0) is 17.7 Å². The molecule has 9 heteroatoms. The van der Waals surface area contributed by atoms with Crippen molar-refractivity contribution in [2.75, 3.05) is 0 Å². The Hall–Kier alpha value is -3.43. The van der Waals surface area contributed by atoms with Crippen LogP contribution >= 0.6 is 0 Å². The first-order chi connectivity index (χ1) is 14.3. The van der Waals surface area contributed by atoms with Crippen LogP contribution < -0.4 is 16.4 Å². The third-order valence-electron chi connectivity index (χ3n) is 4.84. The highest BCUT2D eigenvalue weighted by atomic mass is 16.3. The van der Waals surface area contributed by atoms with Gasteiger partial charge in [0.2, 0.25) is 11.8 Å². The Morgan fingerprint density at radius 3 is 2.47 bits per heavy atom. The zero-order valence-corrected chi connectivity index (χ0v) is 16.0. The van der Waals surface area contributed by atoms with E-state index in [-0.39, 0.29) is 24.2 Å². The molecule has 30 heavy (non-hydrogen) atoms. The van der Waals surface area contributed by atoms with Crippen LogP contribution in [0.25, 0.3) is 0 Å². The summed E-state index contributed by atoms with van der Waals surface area (Å²) >= 11 is 0. The van der Waals surface area contributed by atoms with Gasteiger partial charge in [-0.3, -0.25) is 14.4 Å². The molecule has 3 amide bonds. The molecule has 0 saturated heterocycles. The van der Waals surface area contributed by atoms with Crippen molar-refractivity contribution in [2.24, 2.45) is 5.73 Å². The van der Waals surface area contributed by atoms with Gasteiger partial charge >= 0.3 is 0 Å². The molecule has 1 aliphatic rings. The lowest BCUT2D eigenvalue weighted by molar-refractivity contribution is -0.125. The van der Waals surface area contributed by atoms with Gasteiger partial charge in [-0.2, -0.15) is 0 Å². The molecule has 0 aliphatic heterocycles. The minimum absolute atomic E-state index is 0.0262. The predicted molar refractivity (Wildman–Crippen MR) is 106 cm³/mol. The molecule has 1 aromatic heterocycles. The van der Waals surface area contributed by atoms with E-state index < -0.39 is 42.0 Å². The van der Waals surface area contributed by atoms with Crippen LogP contribution in [0.15, 0.2) is 64.8 Å². The van der Waals surface area contributed by atoms with Gasteiger partial charge in [0.1, 0.15) is 12.1 Å². The Morgan fingerprint density at radius 2 is 1.83 bits per heavy atom. The second-order valence-electron chi connectivity index (χ2n) is 7.05. The van der Waals surface area contributed by atoms with E-state index in [0.717, 1.165) is 5.56 Å². The topological polar surface area (TPSA) is 155 Å². The van der Waals surface area contributed by atoms with Gasteiger partial charge in [0.25, 0.3) is 5.91 Å². The first-order valence-electron chi connectivity index (χ1n) is 9.40. The van der Waals surface area contributed by atoms with E-state index in [1.807, 2.05) is 30.3 Å². The Balaban J connectivity index is 1.72. The van der Waals surface area contributed by atoms with E-state index in [4.69, 9.17) is 10.2 Å². The van der Waals surface area contributed by atoms with Crippen molar-refractivity contribution in [1.82, 2.24) is 10.6 Å². The molecule has 3 rings (SSSR count). The van der Waals surface area contributed by atoms with Crippen LogP contribution in [0, 0.1) is 0 Å². The van der Waals surface area contributed by atoms with Gasteiger partial charge in [-0.25, -0.2) is 0 Å². The van der Waals surface area contributed by atoms with E-state index in [1.54, 1.807) is 0 Å². The molecular weight excluding hydrogens is 390 g/mol.